The molecule has 0 amide bonds. The van der Waals surface area contributed by atoms with Crippen molar-refractivity contribution in [1.82, 2.24) is 10.2 Å². The van der Waals surface area contributed by atoms with Gasteiger partial charge in [0.25, 0.3) is 0 Å². The molecule has 60 valence electrons. The van der Waals surface area contributed by atoms with Crippen molar-refractivity contribution < 1.29 is 0 Å². The summed E-state index contributed by atoms with van der Waals surface area (Å²) in [7, 11) is 0. The van der Waals surface area contributed by atoms with Gasteiger partial charge in [-0.15, -0.1) is 0 Å². The fourth-order valence-electron chi connectivity index (χ4n) is 1.42. The molecule has 0 spiro atoms. The topological polar surface area (TPSA) is 15.3 Å². The van der Waals surface area contributed by atoms with Crippen molar-refractivity contribution in [3.8, 4) is 0 Å². The van der Waals surface area contributed by atoms with Crippen molar-refractivity contribution in [2.45, 2.75) is 19.8 Å². The maximum absolute atomic E-state index is 3.33. The predicted octanol–water partition coefficient (Wildman–Crippen LogP) is 0.692. The van der Waals surface area contributed by atoms with E-state index in [1.165, 1.54) is 32.5 Å². The van der Waals surface area contributed by atoms with Gasteiger partial charge in [-0.05, 0) is 32.5 Å². The lowest BCUT2D eigenvalue weighted by Crippen LogP contribution is -2.29. The van der Waals surface area contributed by atoms with Crippen LogP contribution in [0.1, 0.15) is 19.8 Å². The Morgan fingerprint density at radius 1 is 1.30 bits per heavy atom. The van der Waals surface area contributed by atoms with Crippen molar-refractivity contribution in [2.75, 3.05) is 32.7 Å². The minimum atomic E-state index is 1.10. The van der Waals surface area contributed by atoms with E-state index in [9.17, 15) is 0 Å². The van der Waals surface area contributed by atoms with Gasteiger partial charge in [0.15, 0.2) is 0 Å². The Morgan fingerprint density at radius 2 is 2.00 bits per heavy atom. The third-order valence-electron chi connectivity index (χ3n) is 2.05. The fourth-order valence-corrected chi connectivity index (χ4v) is 1.42. The first kappa shape index (κ1) is 8.02. The molecule has 0 unspecified atom stereocenters. The monoisotopic (exact) mass is 142 g/mol. The molecule has 0 bridgehead atoms. The summed E-state index contributed by atoms with van der Waals surface area (Å²) in [6.45, 7) is 8.32. The summed E-state index contributed by atoms with van der Waals surface area (Å²) in [5.41, 5.74) is 0. The molecule has 1 aliphatic rings. The highest BCUT2D eigenvalue weighted by molar-refractivity contribution is 4.66. The minimum Gasteiger partial charge on any atom is -0.316 e. The van der Waals surface area contributed by atoms with Crippen molar-refractivity contribution in [1.29, 1.82) is 0 Å². The average Bonchev–Trinajstić information content (AvgIpc) is 2.41. The predicted molar refractivity (Wildman–Crippen MR) is 44.2 cm³/mol. The quantitative estimate of drug-likeness (QED) is 0.581. The summed E-state index contributed by atoms with van der Waals surface area (Å²) in [6, 6.07) is 0. The molecular formula is C8H18N2. The van der Waals surface area contributed by atoms with Crippen LogP contribution in [0.2, 0.25) is 0 Å². The minimum absolute atomic E-state index is 1.10. The van der Waals surface area contributed by atoms with Crippen LogP contribution in [0, 0.1) is 0 Å². The van der Waals surface area contributed by atoms with Crippen LogP contribution < -0.4 is 5.32 Å². The molecule has 10 heavy (non-hydrogen) atoms. The molecule has 2 heteroatoms. The van der Waals surface area contributed by atoms with Crippen LogP contribution in [0.15, 0.2) is 0 Å². The van der Waals surface area contributed by atoms with Crippen LogP contribution in [-0.2, 0) is 0 Å². The molecule has 0 radical (unpaired) electrons. The van der Waals surface area contributed by atoms with Gasteiger partial charge in [-0.3, -0.25) is 0 Å². The van der Waals surface area contributed by atoms with E-state index in [1.807, 2.05) is 0 Å². The maximum Gasteiger partial charge on any atom is 0.0107 e. The highest BCUT2D eigenvalue weighted by Crippen LogP contribution is 2.05. The van der Waals surface area contributed by atoms with Gasteiger partial charge in [0.05, 0.1) is 0 Å². The number of nitrogens with zero attached hydrogens (tertiary/aromatic N) is 1. The second kappa shape index (κ2) is 4.69. The van der Waals surface area contributed by atoms with Gasteiger partial charge in [-0.2, -0.15) is 0 Å². The number of nitrogens with one attached hydrogen (secondary N) is 1. The van der Waals surface area contributed by atoms with Crippen LogP contribution in [0.5, 0.6) is 0 Å². The van der Waals surface area contributed by atoms with Crippen molar-refractivity contribution >= 4 is 0 Å². The number of rotatable bonds is 4. The van der Waals surface area contributed by atoms with Gasteiger partial charge in [0.2, 0.25) is 0 Å². The molecule has 1 heterocycles. The second-order valence-electron chi connectivity index (χ2n) is 2.90. The van der Waals surface area contributed by atoms with Crippen molar-refractivity contribution in [3.05, 3.63) is 0 Å². The molecule has 0 aromatic rings. The Labute approximate surface area is 63.6 Å². The third-order valence-corrected chi connectivity index (χ3v) is 2.05. The molecular weight excluding hydrogens is 124 g/mol. The summed E-state index contributed by atoms with van der Waals surface area (Å²) in [5, 5.41) is 3.33. The summed E-state index contributed by atoms with van der Waals surface area (Å²) in [6.07, 6.45) is 2.82. The summed E-state index contributed by atoms with van der Waals surface area (Å²) < 4.78 is 0. The van der Waals surface area contributed by atoms with E-state index < -0.39 is 0 Å². The summed E-state index contributed by atoms with van der Waals surface area (Å²) >= 11 is 0. The van der Waals surface area contributed by atoms with Crippen LogP contribution in [0.3, 0.4) is 0 Å². The Morgan fingerprint density at radius 3 is 2.60 bits per heavy atom. The first-order valence-corrected chi connectivity index (χ1v) is 4.36. The zero-order valence-corrected chi connectivity index (χ0v) is 6.90. The molecule has 0 aromatic heterocycles. The molecule has 1 saturated heterocycles. The van der Waals surface area contributed by atoms with Crippen LogP contribution in [0.25, 0.3) is 0 Å². The Bertz CT molecular complexity index is 77.3. The molecule has 0 saturated carbocycles. The lowest BCUT2D eigenvalue weighted by Gasteiger charge is -2.13. The van der Waals surface area contributed by atoms with Crippen LogP contribution >= 0.6 is 0 Å². The van der Waals surface area contributed by atoms with Crippen molar-refractivity contribution in [3.63, 3.8) is 0 Å². The first-order chi connectivity index (χ1) is 4.93. The van der Waals surface area contributed by atoms with Gasteiger partial charge in [0.1, 0.15) is 0 Å². The lowest BCUT2D eigenvalue weighted by molar-refractivity contribution is 0.337. The first-order valence-electron chi connectivity index (χ1n) is 4.36. The van der Waals surface area contributed by atoms with Gasteiger partial charge in [-0.25, -0.2) is 0 Å². The van der Waals surface area contributed by atoms with Gasteiger partial charge < -0.3 is 10.2 Å². The smallest absolute Gasteiger partial charge is 0.0107 e. The number of likely N-dealkylation sites (N-methyl/N-ethyl adjacent to an activating group) is 1. The molecule has 1 rings (SSSR count). The molecule has 0 atom stereocenters. The Kier molecular flexibility index (Phi) is 3.76. The standard InChI is InChI=1S/C8H18N2/c1-2-9-5-8-10-6-3-4-7-10/h9H,2-8H2,1H3. The molecule has 0 aromatic carbocycles. The fraction of sp³-hybridized carbons (Fsp3) is 1.00. The molecule has 1 fully saturated rings. The van der Waals surface area contributed by atoms with E-state index in [1.54, 1.807) is 0 Å². The molecule has 1 aliphatic heterocycles. The number of likely N-dealkylation sites (tertiary alicyclic amines) is 1. The molecule has 2 nitrogen and oxygen atoms in total. The normalized spacial score (nSPS) is 20.1. The largest absolute Gasteiger partial charge is 0.316 e. The van der Waals surface area contributed by atoms with E-state index >= 15 is 0 Å². The Balaban J connectivity index is 1.91. The summed E-state index contributed by atoms with van der Waals surface area (Å²) in [4.78, 5) is 2.53. The SMILES string of the molecule is CCNCCN1CCCC1. The van der Waals surface area contributed by atoms with E-state index in [0.29, 0.717) is 0 Å². The van der Waals surface area contributed by atoms with Gasteiger partial charge in [-0.1, -0.05) is 6.92 Å². The second-order valence-corrected chi connectivity index (χ2v) is 2.90. The maximum atomic E-state index is 3.33. The summed E-state index contributed by atoms with van der Waals surface area (Å²) in [5.74, 6) is 0. The van der Waals surface area contributed by atoms with Crippen LogP contribution in [-0.4, -0.2) is 37.6 Å². The highest BCUT2D eigenvalue weighted by atomic mass is 15.1. The van der Waals surface area contributed by atoms with E-state index in [-0.39, 0.29) is 0 Å². The van der Waals surface area contributed by atoms with E-state index in [4.69, 9.17) is 0 Å². The van der Waals surface area contributed by atoms with Gasteiger partial charge >= 0.3 is 0 Å². The third kappa shape index (κ3) is 2.67. The zero-order valence-electron chi connectivity index (χ0n) is 6.90. The van der Waals surface area contributed by atoms with E-state index in [0.717, 1.165) is 13.1 Å². The van der Waals surface area contributed by atoms with Crippen LogP contribution in [0.4, 0.5) is 0 Å². The van der Waals surface area contributed by atoms with Crippen molar-refractivity contribution in [2.24, 2.45) is 0 Å². The molecule has 0 aliphatic carbocycles. The highest BCUT2D eigenvalue weighted by Gasteiger charge is 2.09. The average molecular weight is 142 g/mol. The lowest BCUT2D eigenvalue weighted by atomic mass is 10.4. The Hall–Kier alpha value is -0.0800. The van der Waals surface area contributed by atoms with E-state index in [2.05, 4.69) is 17.1 Å². The zero-order chi connectivity index (χ0) is 7.23. The van der Waals surface area contributed by atoms with Gasteiger partial charge in [0, 0.05) is 13.1 Å². The number of hydrogen-bond acceptors (Lipinski definition) is 2. The molecule has 1 N–H and O–H groups in total. The number of hydrogen-bond donors (Lipinski definition) is 1.